The summed E-state index contributed by atoms with van der Waals surface area (Å²) in [4.78, 5) is 15.7. The molecular formula is C16H17ClN2O2. The van der Waals surface area contributed by atoms with E-state index in [1.54, 1.807) is 13.0 Å². The number of aryl methyl sites for hydroxylation is 2. The smallest absolute Gasteiger partial charge is 0.339 e. The number of anilines is 1. The molecule has 0 saturated carbocycles. The number of halogens is 1. The minimum Gasteiger partial charge on any atom is -0.478 e. The average molecular weight is 305 g/mol. The van der Waals surface area contributed by atoms with Crippen LogP contribution >= 0.6 is 11.6 Å². The van der Waals surface area contributed by atoms with Crippen molar-refractivity contribution < 1.29 is 9.90 Å². The van der Waals surface area contributed by atoms with E-state index in [1.807, 2.05) is 38.1 Å². The average Bonchev–Trinajstić information content (AvgIpc) is 2.37. The summed E-state index contributed by atoms with van der Waals surface area (Å²) < 4.78 is 0. The first-order valence-electron chi connectivity index (χ1n) is 6.62. The second kappa shape index (κ2) is 6.14. The molecule has 1 atom stereocenters. The number of nitrogens with zero attached hydrogens (tertiary/aromatic N) is 1. The Bertz CT molecular complexity index is 686. The zero-order valence-electron chi connectivity index (χ0n) is 12.1. The molecule has 2 aromatic rings. The van der Waals surface area contributed by atoms with Crippen LogP contribution in [0.4, 0.5) is 5.82 Å². The molecule has 2 rings (SSSR count). The minimum absolute atomic E-state index is 0.148. The van der Waals surface area contributed by atoms with Crippen LogP contribution in [0.1, 0.15) is 40.1 Å². The molecule has 1 aromatic heterocycles. The molecule has 0 saturated heterocycles. The van der Waals surface area contributed by atoms with Crippen molar-refractivity contribution in [2.75, 3.05) is 5.32 Å². The maximum absolute atomic E-state index is 11.4. The predicted molar refractivity (Wildman–Crippen MR) is 84.2 cm³/mol. The topological polar surface area (TPSA) is 62.2 Å². The Morgan fingerprint density at radius 3 is 2.62 bits per heavy atom. The van der Waals surface area contributed by atoms with E-state index in [0.29, 0.717) is 16.4 Å². The minimum atomic E-state index is -0.992. The van der Waals surface area contributed by atoms with Gasteiger partial charge in [0.05, 0.1) is 6.04 Å². The molecule has 1 heterocycles. The first-order valence-corrected chi connectivity index (χ1v) is 7.00. The number of benzene rings is 1. The molecule has 2 N–H and O–H groups in total. The van der Waals surface area contributed by atoms with Crippen LogP contribution in [-0.4, -0.2) is 16.1 Å². The van der Waals surface area contributed by atoms with Crippen molar-refractivity contribution >= 4 is 23.4 Å². The highest BCUT2D eigenvalue weighted by molar-refractivity contribution is 6.31. The molecule has 0 aliphatic carbocycles. The second-order valence-electron chi connectivity index (χ2n) is 5.00. The lowest BCUT2D eigenvalue weighted by molar-refractivity contribution is 0.0696. The van der Waals surface area contributed by atoms with Gasteiger partial charge in [-0.05, 0) is 44.0 Å². The van der Waals surface area contributed by atoms with Crippen LogP contribution in [0.3, 0.4) is 0 Å². The third-order valence-corrected chi connectivity index (χ3v) is 3.63. The Balaban J connectivity index is 2.40. The summed E-state index contributed by atoms with van der Waals surface area (Å²) in [5, 5.41) is 13.2. The quantitative estimate of drug-likeness (QED) is 0.887. The van der Waals surface area contributed by atoms with Gasteiger partial charge in [-0.15, -0.1) is 0 Å². The Morgan fingerprint density at radius 2 is 2.00 bits per heavy atom. The maximum Gasteiger partial charge on any atom is 0.339 e. The van der Waals surface area contributed by atoms with Crippen LogP contribution in [0.15, 0.2) is 30.3 Å². The Morgan fingerprint density at radius 1 is 1.33 bits per heavy atom. The number of nitrogens with one attached hydrogen (secondary N) is 1. The molecule has 110 valence electrons. The molecule has 0 radical (unpaired) electrons. The van der Waals surface area contributed by atoms with Gasteiger partial charge in [0.25, 0.3) is 0 Å². The molecule has 21 heavy (non-hydrogen) atoms. The number of hydrogen-bond acceptors (Lipinski definition) is 3. The van der Waals surface area contributed by atoms with Gasteiger partial charge >= 0.3 is 5.97 Å². The lowest BCUT2D eigenvalue weighted by Gasteiger charge is -2.19. The van der Waals surface area contributed by atoms with Gasteiger partial charge in [0.1, 0.15) is 11.4 Å². The summed E-state index contributed by atoms with van der Waals surface area (Å²) in [6.07, 6.45) is 0. The van der Waals surface area contributed by atoms with E-state index in [4.69, 9.17) is 11.6 Å². The fourth-order valence-electron chi connectivity index (χ4n) is 2.32. The van der Waals surface area contributed by atoms with E-state index in [0.717, 1.165) is 11.3 Å². The van der Waals surface area contributed by atoms with Crippen molar-refractivity contribution in [1.29, 1.82) is 0 Å². The summed E-state index contributed by atoms with van der Waals surface area (Å²) in [6.45, 7) is 5.53. The molecule has 0 spiro atoms. The Labute approximate surface area is 128 Å². The van der Waals surface area contributed by atoms with Crippen molar-refractivity contribution in [3.05, 3.63) is 57.7 Å². The maximum atomic E-state index is 11.4. The van der Waals surface area contributed by atoms with Gasteiger partial charge in [0.2, 0.25) is 0 Å². The number of pyridine rings is 1. The highest BCUT2D eigenvalue weighted by Crippen LogP contribution is 2.27. The van der Waals surface area contributed by atoms with E-state index < -0.39 is 5.97 Å². The van der Waals surface area contributed by atoms with Crippen LogP contribution in [0.5, 0.6) is 0 Å². The van der Waals surface area contributed by atoms with Crippen LogP contribution in [-0.2, 0) is 0 Å². The standard InChI is InChI=1S/C16H17ClN2O2/c1-9-8-10(2)18-15(14(9)16(20)21)19-11(3)12-6-4-5-7-13(12)17/h4-8,11H,1-3H3,(H,18,19)(H,20,21). The lowest BCUT2D eigenvalue weighted by Crippen LogP contribution is -2.14. The lowest BCUT2D eigenvalue weighted by atomic mass is 10.1. The monoisotopic (exact) mass is 304 g/mol. The zero-order valence-corrected chi connectivity index (χ0v) is 12.9. The number of aromatic carboxylic acids is 1. The second-order valence-corrected chi connectivity index (χ2v) is 5.40. The van der Waals surface area contributed by atoms with Gasteiger partial charge in [-0.3, -0.25) is 0 Å². The normalized spacial score (nSPS) is 12.0. The van der Waals surface area contributed by atoms with Gasteiger partial charge in [-0.25, -0.2) is 9.78 Å². The molecule has 4 nitrogen and oxygen atoms in total. The van der Waals surface area contributed by atoms with Gasteiger partial charge in [-0.2, -0.15) is 0 Å². The third-order valence-electron chi connectivity index (χ3n) is 3.28. The predicted octanol–water partition coefficient (Wildman–Crippen LogP) is 4.22. The van der Waals surface area contributed by atoms with E-state index in [9.17, 15) is 9.90 Å². The first kappa shape index (κ1) is 15.3. The van der Waals surface area contributed by atoms with Gasteiger partial charge in [0.15, 0.2) is 0 Å². The van der Waals surface area contributed by atoms with Crippen molar-refractivity contribution in [3.8, 4) is 0 Å². The number of carbonyl (C=O) groups is 1. The van der Waals surface area contributed by atoms with Crippen LogP contribution in [0.2, 0.25) is 5.02 Å². The van der Waals surface area contributed by atoms with Crippen molar-refractivity contribution in [2.45, 2.75) is 26.8 Å². The Kier molecular flexibility index (Phi) is 4.48. The zero-order chi connectivity index (χ0) is 15.6. The van der Waals surface area contributed by atoms with Crippen LogP contribution in [0, 0.1) is 13.8 Å². The molecule has 5 heteroatoms. The van der Waals surface area contributed by atoms with Gasteiger partial charge in [-0.1, -0.05) is 29.8 Å². The fraction of sp³-hybridized carbons (Fsp3) is 0.250. The third kappa shape index (κ3) is 3.34. The number of aromatic nitrogens is 1. The molecule has 0 amide bonds. The summed E-state index contributed by atoms with van der Waals surface area (Å²) in [5.74, 6) is -0.624. The number of hydrogen-bond donors (Lipinski definition) is 2. The summed E-state index contributed by atoms with van der Waals surface area (Å²) in [6, 6.07) is 9.08. The van der Waals surface area contributed by atoms with Crippen molar-refractivity contribution in [3.63, 3.8) is 0 Å². The molecule has 0 bridgehead atoms. The molecule has 0 fully saturated rings. The SMILES string of the molecule is Cc1cc(C)c(C(=O)O)c(NC(C)c2ccccc2Cl)n1. The molecule has 1 unspecified atom stereocenters. The summed E-state index contributed by atoms with van der Waals surface area (Å²) >= 11 is 6.17. The molecular weight excluding hydrogens is 288 g/mol. The van der Waals surface area contributed by atoms with Crippen LogP contribution in [0.25, 0.3) is 0 Å². The molecule has 1 aromatic carbocycles. The van der Waals surface area contributed by atoms with Gasteiger partial charge in [0, 0.05) is 10.7 Å². The fourth-order valence-corrected chi connectivity index (χ4v) is 2.62. The number of carboxylic acid groups (broad SMARTS) is 1. The summed E-state index contributed by atoms with van der Waals surface area (Å²) in [5.41, 5.74) is 2.55. The largest absolute Gasteiger partial charge is 0.478 e. The highest BCUT2D eigenvalue weighted by atomic mass is 35.5. The Hall–Kier alpha value is -2.07. The van der Waals surface area contributed by atoms with Crippen LogP contribution < -0.4 is 5.32 Å². The molecule has 0 aliphatic heterocycles. The van der Waals surface area contributed by atoms with Gasteiger partial charge < -0.3 is 10.4 Å². The van der Waals surface area contributed by atoms with Crippen molar-refractivity contribution in [1.82, 2.24) is 4.98 Å². The first-order chi connectivity index (χ1) is 9.90. The van der Waals surface area contributed by atoms with E-state index in [1.165, 1.54) is 0 Å². The summed E-state index contributed by atoms with van der Waals surface area (Å²) in [7, 11) is 0. The molecule has 0 aliphatic rings. The van der Waals surface area contributed by atoms with E-state index in [-0.39, 0.29) is 11.6 Å². The number of rotatable bonds is 4. The van der Waals surface area contributed by atoms with E-state index >= 15 is 0 Å². The number of carboxylic acids is 1. The van der Waals surface area contributed by atoms with Crippen molar-refractivity contribution in [2.24, 2.45) is 0 Å². The highest BCUT2D eigenvalue weighted by Gasteiger charge is 2.18. The van der Waals surface area contributed by atoms with E-state index in [2.05, 4.69) is 10.3 Å².